The Morgan fingerprint density at radius 1 is 0.756 bits per heavy atom. The highest BCUT2D eigenvalue weighted by Crippen LogP contribution is 2.41. The van der Waals surface area contributed by atoms with Crippen molar-refractivity contribution in [2.75, 3.05) is 33.0 Å². The summed E-state index contributed by atoms with van der Waals surface area (Å²) in [5, 5.41) is 0. The van der Waals surface area contributed by atoms with Gasteiger partial charge >= 0.3 is 11.9 Å². The molecule has 0 aliphatic carbocycles. The summed E-state index contributed by atoms with van der Waals surface area (Å²) < 4.78 is 23.8. The molecule has 0 atom stereocenters. The average molecular weight is 622 g/mol. The molecule has 0 fully saturated rings. The van der Waals surface area contributed by atoms with Gasteiger partial charge in [0.2, 0.25) is 5.69 Å². The Kier molecular flexibility index (Phi) is 12.7. The van der Waals surface area contributed by atoms with E-state index in [9.17, 15) is 9.59 Å². The van der Waals surface area contributed by atoms with Crippen LogP contribution in [0.2, 0.25) is 0 Å². The zero-order valence-electron chi connectivity index (χ0n) is 29.0. The van der Waals surface area contributed by atoms with E-state index in [-0.39, 0.29) is 29.1 Å². The number of carbonyl (C=O) groups excluding carboxylic acids is 2. The third-order valence-corrected chi connectivity index (χ3v) is 8.86. The molecule has 0 N–H and O–H groups in total. The largest absolute Gasteiger partial charge is 0.466 e. The summed E-state index contributed by atoms with van der Waals surface area (Å²) in [6.07, 6.45) is 1.27. The molecule has 2 heterocycles. The van der Waals surface area contributed by atoms with E-state index in [1.807, 2.05) is 52.8 Å². The first-order valence-electron chi connectivity index (χ1n) is 16.3. The predicted octanol–water partition coefficient (Wildman–Crippen LogP) is 7.15. The van der Waals surface area contributed by atoms with E-state index in [2.05, 4.69) is 62.4 Å². The van der Waals surface area contributed by atoms with E-state index in [4.69, 9.17) is 18.9 Å². The maximum Gasteiger partial charge on any atom is 0.310 e. The van der Waals surface area contributed by atoms with Crippen LogP contribution in [0, 0.1) is 0 Å². The van der Waals surface area contributed by atoms with E-state index >= 15 is 0 Å². The number of rotatable bonds is 13. The number of benzene rings is 2. The quantitative estimate of drug-likeness (QED) is 0.134. The van der Waals surface area contributed by atoms with Crippen LogP contribution in [0.3, 0.4) is 0 Å². The van der Waals surface area contributed by atoms with Crippen molar-refractivity contribution in [2.24, 2.45) is 4.99 Å². The second-order valence-corrected chi connectivity index (χ2v) is 12.5. The highest BCUT2D eigenvalue weighted by molar-refractivity contribution is 5.99. The smallest absolute Gasteiger partial charge is 0.310 e. The molecule has 0 amide bonds. The van der Waals surface area contributed by atoms with E-state index < -0.39 is 0 Å². The van der Waals surface area contributed by atoms with Gasteiger partial charge in [0.15, 0.2) is 18.5 Å². The Morgan fingerprint density at radius 3 is 1.82 bits per heavy atom. The monoisotopic (exact) mass is 621 g/mol. The summed E-state index contributed by atoms with van der Waals surface area (Å²) in [6.45, 7) is 23.6. The maximum atomic E-state index is 11.8. The summed E-state index contributed by atoms with van der Waals surface area (Å²) >= 11 is 0. The first-order valence-corrected chi connectivity index (χ1v) is 16.3. The van der Waals surface area contributed by atoms with Crippen LogP contribution in [0.1, 0.15) is 97.9 Å². The summed E-state index contributed by atoms with van der Waals surface area (Å²) in [5.74, 6) is -0.354. The van der Waals surface area contributed by atoms with Crippen molar-refractivity contribution < 1.29 is 33.1 Å². The van der Waals surface area contributed by atoms with Gasteiger partial charge in [0, 0.05) is 42.9 Å². The zero-order valence-corrected chi connectivity index (χ0v) is 29.0. The van der Waals surface area contributed by atoms with E-state index in [0.717, 1.165) is 35.5 Å². The molecule has 4 rings (SSSR count). The molecule has 246 valence electrons. The molecule has 0 spiro atoms. The number of fused-ring (bicyclic) bond motifs is 2. The van der Waals surface area contributed by atoms with Crippen molar-refractivity contribution in [2.45, 2.75) is 106 Å². The number of aliphatic imine (C=N–C) groups is 1. The van der Waals surface area contributed by atoms with Gasteiger partial charge < -0.3 is 18.9 Å². The molecule has 0 radical (unpaired) electrons. The third-order valence-electron chi connectivity index (χ3n) is 8.86. The van der Waals surface area contributed by atoms with E-state index in [1.165, 1.54) is 22.5 Å². The molecule has 8 nitrogen and oxygen atoms in total. The van der Waals surface area contributed by atoms with Crippen LogP contribution in [0.25, 0.3) is 0 Å². The Labute approximate surface area is 269 Å². The van der Waals surface area contributed by atoms with Crippen LogP contribution < -0.4 is 0 Å². The predicted molar refractivity (Wildman–Crippen MR) is 180 cm³/mol. The number of hydrogen-bond donors (Lipinski definition) is 0. The number of esters is 2. The molecular weight excluding hydrogens is 568 g/mol. The Bertz CT molecular complexity index is 1420. The van der Waals surface area contributed by atoms with Crippen molar-refractivity contribution in [1.29, 1.82) is 0 Å². The lowest BCUT2D eigenvalue weighted by molar-refractivity contribution is -0.444. The molecule has 2 aliphatic rings. The third kappa shape index (κ3) is 8.67. The lowest BCUT2D eigenvalue weighted by atomic mass is 9.81. The van der Waals surface area contributed by atoms with Crippen LogP contribution in [0.15, 0.2) is 41.4 Å². The Hall–Kier alpha value is -3.36. The first kappa shape index (κ1) is 36.1. The average Bonchev–Trinajstić information content (AvgIpc) is 3.32. The van der Waals surface area contributed by atoms with Gasteiger partial charge in [0.1, 0.15) is 0 Å². The van der Waals surface area contributed by atoms with Crippen LogP contribution in [0.4, 0.5) is 11.4 Å². The zero-order chi connectivity index (χ0) is 33.4. The minimum atomic E-state index is -0.179. The molecule has 2 aromatic carbocycles. The molecule has 0 aromatic heterocycles. The number of ether oxygens (including phenoxy) is 4. The topological polar surface area (TPSA) is 86.4 Å². The van der Waals surface area contributed by atoms with Crippen molar-refractivity contribution in [3.63, 3.8) is 0 Å². The van der Waals surface area contributed by atoms with Crippen LogP contribution in [-0.4, -0.2) is 67.2 Å². The second kappa shape index (κ2) is 15.8. The Morgan fingerprint density at radius 2 is 1.29 bits per heavy atom. The van der Waals surface area contributed by atoms with Crippen LogP contribution >= 0.6 is 0 Å². The minimum absolute atomic E-state index is 0.0417. The standard InChI is InChI=1S/C22H34NO4.C15H19NO2/c1-7-25-20(24)15-17-10-11-19-18(14-17)22(5,6)16(4)23(19)13-12-21(26-8-2)27-9-3;1-5-18-14(17)9-11-6-7-13-12(8-11)15(3,4)10(2)16-13/h10-11,14,21H,7-9,12-13,15H2,1-6H3;6-8H,5,9H2,1-4H3/q+1;. The van der Waals surface area contributed by atoms with Gasteiger partial charge in [-0.05, 0) is 77.3 Å². The fourth-order valence-corrected chi connectivity index (χ4v) is 5.82. The molecule has 0 bridgehead atoms. The molecule has 8 heteroatoms. The molecular formula is C37H53N2O6+. The Balaban J connectivity index is 0.000000265. The summed E-state index contributed by atoms with van der Waals surface area (Å²) in [4.78, 5) is 27.9. The lowest BCUT2D eigenvalue weighted by Crippen LogP contribution is -2.28. The number of nitrogens with zero attached hydrogens (tertiary/aromatic N) is 2. The highest BCUT2D eigenvalue weighted by Gasteiger charge is 2.43. The van der Waals surface area contributed by atoms with Gasteiger partial charge in [-0.3, -0.25) is 14.6 Å². The maximum absolute atomic E-state index is 11.8. The van der Waals surface area contributed by atoms with E-state index in [1.54, 1.807) is 0 Å². The summed E-state index contributed by atoms with van der Waals surface area (Å²) in [5.41, 5.74) is 8.96. The lowest BCUT2D eigenvalue weighted by Gasteiger charge is -2.20. The fourth-order valence-electron chi connectivity index (χ4n) is 5.82. The van der Waals surface area contributed by atoms with Gasteiger partial charge in [-0.15, -0.1) is 0 Å². The second-order valence-electron chi connectivity index (χ2n) is 12.5. The normalized spacial score (nSPS) is 15.7. The van der Waals surface area contributed by atoms with E-state index in [0.29, 0.717) is 39.3 Å². The molecule has 0 saturated carbocycles. The summed E-state index contributed by atoms with van der Waals surface area (Å²) in [7, 11) is 0. The van der Waals surface area contributed by atoms with Crippen molar-refractivity contribution >= 4 is 34.7 Å². The SMILES string of the molecule is CCOC(=O)Cc1ccc2c(c1)C(C)(C)C(C)=N2.CCOC(=O)Cc1ccc2c(c1)C(C)(C)C(C)=[N+]2CCC(OCC)OCC. The van der Waals surface area contributed by atoms with Crippen LogP contribution in [-0.2, 0) is 52.2 Å². The van der Waals surface area contributed by atoms with Gasteiger partial charge in [-0.1, -0.05) is 32.0 Å². The summed E-state index contributed by atoms with van der Waals surface area (Å²) in [6, 6.07) is 12.3. The van der Waals surface area contributed by atoms with Crippen molar-refractivity contribution in [1.82, 2.24) is 0 Å². The minimum Gasteiger partial charge on any atom is -0.466 e. The van der Waals surface area contributed by atoms with Gasteiger partial charge in [-0.25, -0.2) is 0 Å². The molecule has 0 unspecified atom stereocenters. The van der Waals surface area contributed by atoms with Gasteiger partial charge in [0.05, 0.1) is 43.6 Å². The van der Waals surface area contributed by atoms with Crippen molar-refractivity contribution in [3.8, 4) is 0 Å². The molecule has 45 heavy (non-hydrogen) atoms. The fraction of sp³-hybridized carbons (Fsp3) is 0.568. The van der Waals surface area contributed by atoms with Crippen molar-refractivity contribution in [3.05, 3.63) is 58.7 Å². The molecule has 2 aliphatic heterocycles. The number of carbonyl (C=O) groups is 2. The highest BCUT2D eigenvalue weighted by atomic mass is 16.7. The first-order chi connectivity index (χ1) is 21.3. The molecule has 0 saturated heterocycles. The van der Waals surface area contributed by atoms with Gasteiger partial charge in [-0.2, -0.15) is 4.58 Å². The van der Waals surface area contributed by atoms with Gasteiger partial charge in [0.25, 0.3) is 0 Å². The number of hydrogen-bond acceptors (Lipinski definition) is 7. The van der Waals surface area contributed by atoms with Crippen LogP contribution in [0.5, 0.6) is 0 Å². The molecule has 2 aromatic rings.